The van der Waals surface area contributed by atoms with Crippen molar-refractivity contribution in [3.8, 4) is 0 Å². The minimum atomic E-state index is 0.491. The summed E-state index contributed by atoms with van der Waals surface area (Å²) in [5.74, 6) is 1.94. The van der Waals surface area contributed by atoms with Crippen LogP contribution in [0.1, 0.15) is 59.3 Å². The highest BCUT2D eigenvalue weighted by atomic mass is 15.1. The summed E-state index contributed by atoms with van der Waals surface area (Å²) in [4.78, 5) is 4.57. The van der Waals surface area contributed by atoms with Crippen LogP contribution in [0.2, 0.25) is 0 Å². The van der Waals surface area contributed by atoms with Crippen LogP contribution in [0, 0.1) is 0 Å². The summed E-state index contributed by atoms with van der Waals surface area (Å²) in [6.45, 7) is 7.62. The van der Waals surface area contributed by atoms with Gasteiger partial charge < -0.3 is 10.6 Å². The summed E-state index contributed by atoms with van der Waals surface area (Å²) in [6.07, 6.45) is 7.63. The molecule has 0 saturated heterocycles. The second kappa shape index (κ2) is 9.65. The van der Waals surface area contributed by atoms with E-state index in [2.05, 4.69) is 42.5 Å². The van der Waals surface area contributed by atoms with E-state index in [0.717, 1.165) is 24.6 Å². The zero-order valence-corrected chi connectivity index (χ0v) is 12.7. The number of hydrogen-bond donors (Lipinski definition) is 2. The highest BCUT2D eigenvalue weighted by molar-refractivity contribution is 5.45. The van der Waals surface area contributed by atoms with Gasteiger partial charge in [-0.05, 0) is 31.9 Å². The van der Waals surface area contributed by atoms with Crippen molar-refractivity contribution in [2.75, 3.05) is 17.2 Å². The molecule has 0 aliphatic carbocycles. The number of anilines is 2. The van der Waals surface area contributed by atoms with Crippen molar-refractivity contribution in [3.05, 3.63) is 18.2 Å². The standard InChI is InChI=1S/C16H29N3/c1-4-6-7-8-10-14(3)18-16-12-9-11-15(19-16)17-13-5-2/h9,11-12,14H,4-8,10,13H2,1-3H3,(H2,17,18,19). The van der Waals surface area contributed by atoms with Gasteiger partial charge in [-0.2, -0.15) is 0 Å². The maximum absolute atomic E-state index is 4.57. The molecule has 3 heteroatoms. The molecule has 3 nitrogen and oxygen atoms in total. The molecule has 1 aromatic heterocycles. The second-order valence-corrected chi connectivity index (χ2v) is 5.23. The Labute approximate surface area is 118 Å². The van der Waals surface area contributed by atoms with E-state index >= 15 is 0 Å². The minimum absolute atomic E-state index is 0.491. The number of aromatic nitrogens is 1. The zero-order chi connectivity index (χ0) is 13.9. The third-order valence-corrected chi connectivity index (χ3v) is 3.19. The number of nitrogens with one attached hydrogen (secondary N) is 2. The van der Waals surface area contributed by atoms with Crippen LogP contribution in [0.4, 0.5) is 11.6 Å². The fourth-order valence-electron chi connectivity index (χ4n) is 2.07. The van der Waals surface area contributed by atoms with Gasteiger partial charge in [-0.3, -0.25) is 0 Å². The smallest absolute Gasteiger partial charge is 0.128 e. The van der Waals surface area contributed by atoms with E-state index in [4.69, 9.17) is 0 Å². The molecular weight excluding hydrogens is 234 g/mol. The molecule has 0 fully saturated rings. The lowest BCUT2D eigenvalue weighted by atomic mass is 10.1. The Morgan fingerprint density at radius 2 is 1.84 bits per heavy atom. The molecule has 0 radical (unpaired) electrons. The largest absolute Gasteiger partial charge is 0.370 e. The first-order valence-corrected chi connectivity index (χ1v) is 7.73. The molecule has 1 atom stereocenters. The lowest BCUT2D eigenvalue weighted by Crippen LogP contribution is -2.16. The van der Waals surface area contributed by atoms with Gasteiger partial charge in [-0.1, -0.05) is 45.6 Å². The Morgan fingerprint density at radius 1 is 1.05 bits per heavy atom. The second-order valence-electron chi connectivity index (χ2n) is 5.23. The summed E-state index contributed by atoms with van der Waals surface area (Å²) in [7, 11) is 0. The summed E-state index contributed by atoms with van der Waals surface area (Å²) in [5.41, 5.74) is 0. The number of pyridine rings is 1. The summed E-state index contributed by atoms with van der Waals surface area (Å²) in [5, 5.41) is 6.80. The third-order valence-electron chi connectivity index (χ3n) is 3.19. The van der Waals surface area contributed by atoms with Gasteiger partial charge >= 0.3 is 0 Å². The van der Waals surface area contributed by atoms with Crippen LogP contribution in [-0.2, 0) is 0 Å². The van der Waals surface area contributed by atoms with Crippen LogP contribution in [-0.4, -0.2) is 17.6 Å². The Balaban J connectivity index is 2.34. The van der Waals surface area contributed by atoms with Crippen molar-refractivity contribution in [1.82, 2.24) is 4.98 Å². The highest BCUT2D eigenvalue weighted by Crippen LogP contribution is 2.13. The van der Waals surface area contributed by atoms with E-state index in [1.807, 2.05) is 12.1 Å². The van der Waals surface area contributed by atoms with Gasteiger partial charge in [0, 0.05) is 12.6 Å². The van der Waals surface area contributed by atoms with Crippen molar-refractivity contribution in [1.29, 1.82) is 0 Å². The van der Waals surface area contributed by atoms with E-state index in [-0.39, 0.29) is 0 Å². The maximum Gasteiger partial charge on any atom is 0.128 e. The van der Waals surface area contributed by atoms with E-state index in [1.165, 1.54) is 32.1 Å². The predicted molar refractivity (Wildman–Crippen MR) is 84.9 cm³/mol. The van der Waals surface area contributed by atoms with Gasteiger partial charge in [-0.15, -0.1) is 0 Å². The fourth-order valence-corrected chi connectivity index (χ4v) is 2.07. The number of rotatable bonds is 10. The van der Waals surface area contributed by atoms with Gasteiger partial charge in [0.1, 0.15) is 11.6 Å². The Hall–Kier alpha value is -1.25. The van der Waals surface area contributed by atoms with Crippen LogP contribution in [0.25, 0.3) is 0 Å². The number of nitrogens with zero attached hydrogens (tertiary/aromatic N) is 1. The predicted octanol–water partition coefficient (Wildman–Crippen LogP) is 4.67. The molecule has 2 N–H and O–H groups in total. The van der Waals surface area contributed by atoms with E-state index in [1.54, 1.807) is 0 Å². The number of unbranched alkanes of at least 4 members (excludes halogenated alkanes) is 3. The molecule has 0 aromatic carbocycles. The lowest BCUT2D eigenvalue weighted by Gasteiger charge is -2.15. The monoisotopic (exact) mass is 263 g/mol. The van der Waals surface area contributed by atoms with Crippen molar-refractivity contribution < 1.29 is 0 Å². The molecule has 0 aliphatic heterocycles. The van der Waals surface area contributed by atoms with Gasteiger partial charge in [0.25, 0.3) is 0 Å². The first kappa shape index (κ1) is 15.8. The van der Waals surface area contributed by atoms with E-state index in [9.17, 15) is 0 Å². The topological polar surface area (TPSA) is 37.0 Å². The fraction of sp³-hybridized carbons (Fsp3) is 0.688. The Kier molecular flexibility index (Phi) is 8.03. The summed E-state index contributed by atoms with van der Waals surface area (Å²) < 4.78 is 0. The first-order valence-electron chi connectivity index (χ1n) is 7.73. The number of hydrogen-bond acceptors (Lipinski definition) is 3. The SMILES string of the molecule is CCCCCCC(C)Nc1cccc(NCCC)n1. The van der Waals surface area contributed by atoms with E-state index < -0.39 is 0 Å². The van der Waals surface area contributed by atoms with Crippen LogP contribution >= 0.6 is 0 Å². The molecule has 0 amide bonds. The third kappa shape index (κ3) is 7.04. The van der Waals surface area contributed by atoms with Crippen LogP contribution in [0.15, 0.2) is 18.2 Å². The zero-order valence-electron chi connectivity index (χ0n) is 12.7. The van der Waals surface area contributed by atoms with Gasteiger partial charge in [-0.25, -0.2) is 4.98 Å². The quantitative estimate of drug-likeness (QED) is 0.602. The molecule has 1 heterocycles. The van der Waals surface area contributed by atoms with Gasteiger partial charge in [0.2, 0.25) is 0 Å². The van der Waals surface area contributed by atoms with Crippen LogP contribution in [0.5, 0.6) is 0 Å². The van der Waals surface area contributed by atoms with Crippen molar-refractivity contribution in [2.45, 2.75) is 65.3 Å². The maximum atomic E-state index is 4.57. The molecule has 19 heavy (non-hydrogen) atoms. The van der Waals surface area contributed by atoms with Crippen molar-refractivity contribution >= 4 is 11.6 Å². The molecular formula is C16H29N3. The molecule has 0 aliphatic rings. The Morgan fingerprint density at radius 3 is 2.58 bits per heavy atom. The van der Waals surface area contributed by atoms with Crippen LogP contribution in [0.3, 0.4) is 0 Å². The summed E-state index contributed by atoms with van der Waals surface area (Å²) in [6, 6.07) is 6.61. The molecule has 108 valence electrons. The Bertz CT molecular complexity index is 339. The molecule has 1 rings (SSSR count). The summed E-state index contributed by atoms with van der Waals surface area (Å²) >= 11 is 0. The average Bonchev–Trinajstić information content (AvgIpc) is 2.42. The van der Waals surface area contributed by atoms with E-state index in [0.29, 0.717) is 6.04 Å². The van der Waals surface area contributed by atoms with Crippen LogP contribution < -0.4 is 10.6 Å². The van der Waals surface area contributed by atoms with Gasteiger partial charge in [0.15, 0.2) is 0 Å². The lowest BCUT2D eigenvalue weighted by molar-refractivity contribution is 0.593. The molecule has 0 saturated carbocycles. The molecule has 0 spiro atoms. The highest BCUT2D eigenvalue weighted by Gasteiger charge is 2.03. The molecule has 0 bridgehead atoms. The normalized spacial score (nSPS) is 12.2. The minimum Gasteiger partial charge on any atom is -0.370 e. The first-order chi connectivity index (χ1) is 9.26. The molecule has 1 unspecified atom stereocenters. The van der Waals surface area contributed by atoms with Crippen molar-refractivity contribution in [3.63, 3.8) is 0 Å². The average molecular weight is 263 g/mol. The van der Waals surface area contributed by atoms with Crippen molar-refractivity contribution in [2.24, 2.45) is 0 Å². The van der Waals surface area contributed by atoms with Gasteiger partial charge in [0.05, 0.1) is 0 Å². The molecule has 1 aromatic rings.